The molecule has 0 bridgehead atoms. The molecule has 0 aliphatic carbocycles. The first-order valence-corrected chi connectivity index (χ1v) is 8.16. The molecule has 0 saturated carbocycles. The Morgan fingerprint density at radius 2 is 1.92 bits per heavy atom. The van der Waals surface area contributed by atoms with Gasteiger partial charge < -0.3 is 15.0 Å². The molecule has 5 heteroatoms. The van der Waals surface area contributed by atoms with Gasteiger partial charge >= 0.3 is 6.09 Å². The van der Waals surface area contributed by atoms with E-state index in [2.05, 4.69) is 45.3 Å². The van der Waals surface area contributed by atoms with Crippen LogP contribution in [0.4, 0.5) is 4.79 Å². The predicted octanol–water partition coefficient (Wildman–Crippen LogP) is 3.67. The van der Waals surface area contributed by atoms with E-state index in [9.17, 15) is 4.79 Å². The van der Waals surface area contributed by atoms with Crippen LogP contribution in [0.15, 0.2) is 55.0 Å². The van der Waals surface area contributed by atoms with Gasteiger partial charge in [-0.15, -0.1) is 0 Å². The molecule has 124 valence electrons. The van der Waals surface area contributed by atoms with E-state index in [0.717, 1.165) is 25.8 Å². The Hall–Kier alpha value is -2.82. The highest BCUT2D eigenvalue weighted by Crippen LogP contribution is 2.20. The summed E-state index contributed by atoms with van der Waals surface area (Å²) in [6.45, 7) is 1.35. The number of nitrogens with zero attached hydrogens (tertiary/aromatic N) is 2. The van der Waals surface area contributed by atoms with Crippen LogP contribution < -0.4 is 5.32 Å². The molecule has 0 radical (unpaired) electrons. The summed E-state index contributed by atoms with van der Waals surface area (Å²) >= 11 is 0. The van der Waals surface area contributed by atoms with Crippen LogP contribution in [0, 0.1) is 0 Å². The van der Waals surface area contributed by atoms with Crippen molar-refractivity contribution in [1.82, 2.24) is 14.9 Å². The molecular formula is C19H21N3O2. The van der Waals surface area contributed by atoms with E-state index >= 15 is 0 Å². The maximum atomic E-state index is 10.4. The normalized spacial score (nSPS) is 10.8. The molecule has 0 spiro atoms. The van der Waals surface area contributed by atoms with Crippen molar-refractivity contribution < 1.29 is 9.90 Å². The fourth-order valence-electron chi connectivity index (χ4n) is 2.88. The summed E-state index contributed by atoms with van der Waals surface area (Å²) in [5.41, 5.74) is 3.75. The van der Waals surface area contributed by atoms with Crippen molar-refractivity contribution >= 4 is 17.0 Å². The zero-order valence-corrected chi connectivity index (χ0v) is 13.5. The number of carbonyl (C=O) groups is 1. The first-order chi connectivity index (χ1) is 11.7. The number of fused-ring (bicyclic) bond motifs is 1. The number of rotatable bonds is 7. The van der Waals surface area contributed by atoms with E-state index in [-0.39, 0.29) is 0 Å². The number of amides is 1. The quantitative estimate of drug-likeness (QED) is 0.652. The lowest BCUT2D eigenvalue weighted by Crippen LogP contribution is -2.21. The Kier molecular flexibility index (Phi) is 5.11. The summed E-state index contributed by atoms with van der Waals surface area (Å²) < 4.78 is 2.24. The fraction of sp³-hybridized carbons (Fsp3) is 0.263. The van der Waals surface area contributed by atoms with Crippen molar-refractivity contribution in [2.75, 3.05) is 6.54 Å². The summed E-state index contributed by atoms with van der Waals surface area (Å²) in [6.07, 6.45) is 7.60. The monoisotopic (exact) mass is 323 g/mol. The summed E-state index contributed by atoms with van der Waals surface area (Å²) in [7, 11) is 0. The van der Waals surface area contributed by atoms with Gasteiger partial charge in [0.15, 0.2) is 0 Å². The Morgan fingerprint density at radius 1 is 1.08 bits per heavy atom. The number of benzene rings is 1. The number of hydrogen-bond donors (Lipinski definition) is 2. The molecule has 0 aliphatic heterocycles. The molecule has 1 amide bonds. The minimum atomic E-state index is -0.952. The first-order valence-electron chi connectivity index (χ1n) is 8.16. The fourth-order valence-corrected chi connectivity index (χ4v) is 2.88. The highest BCUT2D eigenvalue weighted by molar-refractivity contribution is 5.81. The third-order valence-electron chi connectivity index (χ3n) is 4.11. The van der Waals surface area contributed by atoms with Gasteiger partial charge in [-0.05, 0) is 66.1 Å². The Balaban J connectivity index is 1.62. The molecule has 0 aliphatic rings. The number of nitrogens with one attached hydrogen (secondary N) is 1. The largest absolute Gasteiger partial charge is 0.465 e. The molecule has 3 aromatic rings. The van der Waals surface area contributed by atoms with Crippen LogP contribution in [0.25, 0.3) is 10.9 Å². The molecule has 2 aromatic heterocycles. The van der Waals surface area contributed by atoms with Crippen molar-refractivity contribution in [2.24, 2.45) is 0 Å². The van der Waals surface area contributed by atoms with Gasteiger partial charge in [0.1, 0.15) is 0 Å². The minimum Gasteiger partial charge on any atom is -0.465 e. The van der Waals surface area contributed by atoms with Crippen molar-refractivity contribution in [1.29, 1.82) is 0 Å². The highest BCUT2D eigenvalue weighted by Gasteiger charge is 2.04. The third kappa shape index (κ3) is 4.13. The van der Waals surface area contributed by atoms with Gasteiger partial charge in [-0.25, -0.2) is 4.79 Å². The summed E-state index contributed by atoms with van der Waals surface area (Å²) in [6, 6.07) is 12.8. The molecule has 5 nitrogen and oxygen atoms in total. The highest BCUT2D eigenvalue weighted by atomic mass is 16.4. The number of hydrogen-bond acceptors (Lipinski definition) is 2. The van der Waals surface area contributed by atoms with Gasteiger partial charge in [0.2, 0.25) is 0 Å². The van der Waals surface area contributed by atoms with E-state index in [0.29, 0.717) is 6.54 Å². The molecule has 3 rings (SSSR count). The molecule has 24 heavy (non-hydrogen) atoms. The molecule has 0 fully saturated rings. The van der Waals surface area contributed by atoms with Crippen molar-refractivity contribution in [3.8, 4) is 0 Å². The second kappa shape index (κ2) is 7.64. The van der Waals surface area contributed by atoms with Crippen LogP contribution >= 0.6 is 0 Å². The van der Waals surface area contributed by atoms with Crippen molar-refractivity contribution in [2.45, 2.75) is 25.8 Å². The molecule has 0 atom stereocenters. The summed E-state index contributed by atoms with van der Waals surface area (Å²) in [4.78, 5) is 14.4. The summed E-state index contributed by atoms with van der Waals surface area (Å²) in [5, 5.41) is 12.2. The van der Waals surface area contributed by atoms with Gasteiger partial charge in [-0.3, -0.25) is 4.98 Å². The number of aryl methyl sites for hydroxylation is 1. The smallest absolute Gasteiger partial charge is 0.404 e. The van der Waals surface area contributed by atoms with Crippen molar-refractivity contribution in [3.63, 3.8) is 0 Å². The average molecular weight is 323 g/mol. The first kappa shape index (κ1) is 16.1. The molecular weight excluding hydrogens is 302 g/mol. The van der Waals surface area contributed by atoms with Crippen LogP contribution in [0.5, 0.6) is 0 Å². The Bertz CT molecular complexity index is 812. The predicted molar refractivity (Wildman–Crippen MR) is 94.2 cm³/mol. The minimum absolute atomic E-state index is 0.514. The van der Waals surface area contributed by atoms with E-state index in [1.807, 2.05) is 24.5 Å². The van der Waals surface area contributed by atoms with Gasteiger partial charge in [0.05, 0.1) is 0 Å². The number of carboxylic acid groups (broad SMARTS) is 1. The lowest BCUT2D eigenvalue weighted by atomic mass is 10.1. The second-order valence-corrected chi connectivity index (χ2v) is 5.88. The van der Waals surface area contributed by atoms with Crippen LogP contribution in [0.2, 0.25) is 0 Å². The second-order valence-electron chi connectivity index (χ2n) is 5.88. The lowest BCUT2D eigenvalue weighted by Gasteiger charge is -2.07. The van der Waals surface area contributed by atoms with Gasteiger partial charge in [-0.1, -0.05) is 6.07 Å². The van der Waals surface area contributed by atoms with E-state index in [1.54, 1.807) is 0 Å². The van der Waals surface area contributed by atoms with Crippen LogP contribution in [0.1, 0.15) is 24.0 Å². The van der Waals surface area contributed by atoms with Crippen LogP contribution in [-0.2, 0) is 13.0 Å². The average Bonchev–Trinajstić information content (AvgIpc) is 2.97. The Morgan fingerprint density at radius 3 is 2.71 bits per heavy atom. The maximum absolute atomic E-state index is 10.4. The molecule has 1 aromatic carbocycles. The number of unbranched alkanes of at least 4 members (excludes halogenated alkanes) is 1. The van der Waals surface area contributed by atoms with Crippen molar-refractivity contribution in [3.05, 3.63) is 66.1 Å². The van der Waals surface area contributed by atoms with Crippen LogP contribution in [0.3, 0.4) is 0 Å². The van der Waals surface area contributed by atoms with Crippen LogP contribution in [-0.4, -0.2) is 27.3 Å². The maximum Gasteiger partial charge on any atom is 0.404 e. The van der Waals surface area contributed by atoms with Gasteiger partial charge in [-0.2, -0.15) is 0 Å². The zero-order chi connectivity index (χ0) is 16.8. The number of pyridine rings is 1. The Labute approximate surface area is 141 Å². The summed E-state index contributed by atoms with van der Waals surface area (Å²) in [5.74, 6) is 0. The van der Waals surface area contributed by atoms with E-state index in [4.69, 9.17) is 5.11 Å². The topological polar surface area (TPSA) is 67.2 Å². The lowest BCUT2D eigenvalue weighted by molar-refractivity contribution is 0.194. The molecule has 2 heterocycles. The van der Waals surface area contributed by atoms with Gasteiger partial charge in [0.25, 0.3) is 0 Å². The zero-order valence-electron chi connectivity index (χ0n) is 13.5. The SMILES string of the molecule is O=C(O)NCCCCc1ccc2c(ccn2Cc2ccncc2)c1. The molecule has 0 unspecified atom stereocenters. The van der Waals surface area contributed by atoms with E-state index in [1.165, 1.54) is 22.0 Å². The van der Waals surface area contributed by atoms with E-state index < -0.39 is 6.09 Å². The molecule has 0 saturated heterocycles. The standard InChI is InChI=1S/C19H21N3O2/c23-19(24)21-9-2-1-3-15-4-5-18-17(13-15)8-12-22(18)14-16-6-10-20-11-7-16/h4-8,10-13,21H,1-3,9,14H2,(H,23,24). The number of aromatic nitrogens is 2. The van der Waals surface area contributed by atoms with Gasteiger partial charge in [0, 0.05) is 37.2 Å². The molecule has 2 N–H and O–H groups in total. The third-order valence-corrected chi connectivity index (χ3v) is 4.11.